The van der Waals surface area contributed by atoms with Crippen LogP contribution in [0.3, 0.4) is 0 Å². The molecule has 0 saturated heterocycles. The summed E-state index contributed by atoms with van der Waals surface area (Å²) in [6.07, 6.45) is 4.79. The quantitative estimate of drug-likeness (QED) is 0.753. The number of carbonyl (C=O) groups is 1. The lowest BCUT2D eigenvalue weighted by atomic mass is 9.91. The van der Waals surface area contributed by atoms with Gasteiger partial charge >= 0.3 is 6.09 Å². The summed E-state index contributed by atoms with van der Waals surface area (Å²) in [5.41, 5.74) is 1.41. The van der Waals surface area contributed by atoms with Gasteiger partial charge in [0.25, 0.3) is 0 Å². The zero-order valence-electron chi connectivity index (χ0n) is 17.2. The van der Waals surface area contributed by atoms with Gasteiger partial charge in [-0.05, 0) is 58.7 Å². The molecule has 8 heteroatoms. The minimum atomic E-state index is -0.595. The molecule has 0 radical (unpaired) electrons. The molecule has 0 spiro atoms. The zero-order valence-corrected chi connectivity index (χ0v) is 18.0. The van der Waals surface area contributed by atoms with Gasteiger partial charge in [-0.15, -0.1) is 0 Å². The smallest absolute Gasteiger partial charge is 0.413 e. The van der Waals surface area contributed by atoms with Crippen molar-refractivity contribution in [2.24, 2.45) is 4.99 Å². The average molecular weight is 417 g/mol. The standard InChI is InChI=1S/C21H25FN4O2S/c1-13-9-21(5,29-18(25-13)26-19(27)28-20(2,3)4)15-6-7-17(22)16(8-15)14-10-23-12-24-11-14/h6-8,10-13H,9H2,1-5H3,(H,25,26,27)/t13-,21+/m1/s1. The van der Waals surface area contributed by atoms with Gasteiger partial charge < -0.3 is 4.74 Å². The number of benzene rings is 1. The van der Waals surface area contributed by atoms with Gasteiger partial charge in [-0.2, -0.15) is 0 Å². The summed E-state index contributed by atoms with van der Waals surface area (Å²) in [6.45, 7) is 9.48. The molecular weight excluding hydrogens is 391 g/mol. The molecule has 0 aliphatic carbocycles. The van der Waals surface area contributed by atoms with Crippen LogP contribution in [0.2, 0.25) is 0 Å². The second-order valence-electron chi connectivity index (χ2n) is 8.27. The molecule has 6 nitrogen and oxygen atoms in total. The number of thioether (sulfide) groups is 1. The summed E-state index contributed by atoms with van der Waals surface area (Å²) in [7, 11) is 0. The number of aliphatic imine (C=N–C) groups is 1. The molecule has 1 aromatic carbocycles. The van der Waals surface area contributed by atoms with Crippen molar-refractivity contribution in [1.29, 1.82) is 0 Å². The Bertz CT molecular complexity index is 930. The number of hydrogen-bond acceptors (Lipinski definition) is 6. The second kappa shape index (κ2) is 8.10. The summed E-state index contributed by atoms with van der Waals surface area (Å²) in [5, 5.41) is 3.24. The summed E-state index contributed by atoms with van der Waals surface area (Å²) in [4.78, 5) is 24.7. The van der Waals surface area contributed by atoms with E-state index in [1.807, 2.05) is 33.8 Å². The van der Waals surface area contributed by atoms with Crippen molar-refractivity contribution < 1.29 is 13.9 Å². The van der Waals surface area contributed by atoms with Crippen molar-refractivity contribution in [1.82, 2.24) is 15.3 Å². The van der Waals surface area contributed by atoms with Gasteiger partial charge in [-0.25, -0.2) is 19.2 Å². The maximum Gasteiger partial charge on any atom is 0.413 e. The first-order valence-electron chi connectivity index (χ1n) is 9.38. The number of alkyl carbamates (subject to hydrolysis) is 1. The molecule has 0 unspecified atom stereocenters. The normalized spacial score (nSPS) is 22.0. The molecule has 0 saturated carbocycles. The zero-order chi connectivity index (χ0) is 21.2. The van der Waals surface area contributed by atoms with E-state index in [2.05, 4.69) is 27.2 Å². The maximum absolute atomic E-state index is 14.5. The largest absolute Gasteiger partial charge is 0.444 e. The molecule has 0 fully saturated rings. The third-order valence-electron chi connectivity index (χ3n) is 4.40. The highest BCUT2D eigenvalue weighted by Gasteiger charge is 2.36. The summed E-state index contributed by atoms with van der Waals surface area (Å²) in [6, 6.07) is 5.05. The van der Waals surface area contributed by atoms with E-state index in [9.17, 15) is 9.18 Å². The Hall–Kier alpha value is -2.48. The number of nitrogens with zero attached hydrogens (tertiary/aromatic N) is 3. The maximum atomic E-state index is 14.5. The Morgan fingerprint density at radius 2 is 2.00 bits per heavy atom. The van der Waals surface area contributed by atoms with E-state index in [0.29, 0.717) is 16.3 Å². The van der Waals surface area contributed by atoms with Crippen molar-refractivity contribution in [3.8, 4) is 11.1 Å². The van der Waals surface area contributed by atoms with Crippen LogP contribution in [0.1, 0.15) is 46.6 Å². The summed E-state index contributed by atoms with van der Waals surface area (Å²) >= 11 is 1.44. The molecule has 2 aromatic rings. The molecule has 1 amide bonds. The van der Waals surface area contributed by atoms with E-state index in [4.69, 9.17) is 4.74 Å². The lowest BCUT2D eigenvalue weighted by Crippen LogP contribution is -2.40. The van der Waals surface area contributed by atoms with E-state index >= 15 is 0 Å². The summed E-state index contributed by atoms with van der Waals surface area (Å²) in [5.74, 6) is -0.332. The van der Waals surface area contributed by atoms with Crippen LogP contribution < -0.4 is 5.32 Å². The van der Waals surface area contributed by atoms with Crippen LogP contribution in [0.15, 0.2) is 41.9 Å². The number of carbonyl (C=O) groups excluding carboxylic acids is 1. The number of hydrogen-bond donors (Lipinski definition) is 1. The Morgan fingerprint density at radius 3 is 2.66 bits per heavy atom. The third kappa shape index (κ3) is 5.32. The fourth-order valence-electron chi connectivity index (χ4n) is 3.23. The Morgan fingerprint density at radius 1 is 1.31 bits per heavy atom. The topological polar surface area (TPSA) is 76.5 Å². The molecule has 1 N–H and O–H groups in total. The predicted octanol–water partition coefficient (Wildman–Crippen LogP) is 4.90. The predicted molar refractivity (Wildman–Crippen MR) is 113 cm³/mol. The third-order valence-corrected chi connectivity index (χ3v) is 5.65. The van der Waals surface area contributed by atoms with Gasteiger partial charge in [0.1, 0.15) is 17.7 Å². The van der Waals surface area contributed by atoms with Crippen molar-refractivity contribution in [3.05, 3.63) is 48.3 Å². The van der Waals surface area contributed by atoms with Crippen LogP contribution in [-0.2, 0) is 9.48 Å². The van der Waals surface area contributed by atoms with Gasteiger partial charge in [0, 0.05) is 28.3 Å². The van der Waals surface area contributed by atoms with E-state index in [1.165, 1.54) is 24.2 Å². The molecule has 0 bridgehead atoms. The SMILES string of the molecule is C[C@@H]1C[C@@](C)(c2ccc(F)c(-c3cncnc3)c2)SC(NC(=O)OC(C)(C)C)=N1. The Labute approximate surface area is 174 Å². The van der Waals surface area contributed by atoms with Gasteiger partial charge in [0.2, 0.25) is 0 Å². The van der Waals surface area contributed by atoms with Crippen LogP contribution in [0.5, 0.6) is 0 Å². The molecular formula is C21H25FN4O2S. The number of nitrogens with one attached hydrogen (secondary N) is 1. The lowest BCUT2D eigenvalue weighted by Gasteiger charge is -2.36. The van der Waals surface area contributed by atoms with Crippen molar-refractivity contribution in [3.63, 3.8) is 0 Å². The Balaban J connectivity index is 1.87. The number of halogens is 1. The van der Waals surface area contributed by atoms with Gasteiger partial charge in [0.05, 0.1) is 6.04 Å². The number of amides is 1. The van der Waals surface area contributed by atoms with Crippen LogP contribution in [0, 0.1) is 5.82 Å². The monoisotopic (exact) mass is 416 g/mol. The fourth-order valence-corrected chi connectivity index (χ4v) is 4.59. The molecule has 2 atom stereocenters. The molecule has 154 valence electrons. The molecule has 1 aliphatic rings. The number of aromatic nitrogens is 2. The van der Waals surface area contributed by atoms with Crippen LogP contribution in [0.4, 0.5) is 9.18 Å². The molecule has 1 aromatic heterocycles. The minimum Gasteiger partial charge on any atom is -0.444 e. The van der Waals surface area contributed by atoms with E-state index in [0.717, 1.165) is 12.0 Å². The summed E-state index contributed by atoms with van der Waals surface area (Å²) < 4.78 is 19.4. The number of ether oxygens (including phenoxy) is 1. The average Bonchev–Trinajstić information content (AvgIpc) is 2.60. The first-order valence-corrected chi connectivity index (χ1v) is 10.2. The van der Waals surface area contributed by atoms with Gasteiger partial charge in [-0.1, -0.05) is 17.8 Å². The van der Waals surface area contributed by atoms with Crippen LogP contribution in [0.25, 0.3) is 11.1 Å². The van der Waals surface area contributed by atoms with E-state index in [-0.39, 0.29) is 11.9 Å². The minimum absolute atomic E-state index is 0.0141. The van der Waals surface area contributed by atoms with Gasteiger partial charge in [0.15, 0.2) is 5.17 Å². The van der Waals surface area contributed by atoms with Gasteiger partial charge in [-0.3, -0.25) is 10.3 Å². The van der Waals surface area contributed by atoms with Crippen LogP contribution in [-0.4, -0.2) is 32.9 Å². The highest BCUT2D eigenvalue weighted by atomic mass is 32.2. The lowest BCUT2D eigenvalue weighted by molar-refractivity contribution is 0.0564. The molecule has 1 aliphatic heterocycles. The number of rotatable bonds is 2. The Kier molecular flexibility index (Phi) is 5.93. The van der Waals surface area contributed by atoms with E-state index < -0.39 is 16.4 Å². The first kappa shape index (κ1) is 21.2. The van der Waals surface area contributed by atoms with E-state index in [1.54, 1.807) is 18.5 Å². The van der Waals surface area contributed by atoms with Crippen LogP contribution >= 0.6 is 11.8 Å². The highest BCUT2D eigenvalue weighted by Crippen LogP contribution is 2.45. The molecule has 3 rings (SSSR count). The van der Waals surface area contributed by atoms with Crippen molar-refractivity contribution in [2.45, 2.75) is 57.4 Å². The highest BCUT2D eigenvalue weighted by molar-refractivity contribution is 8.14. The second-order valence-corrected chi connectivity index (χ2v) is 9.76. The molecule has 29 heavy (non-hydrogen) atoms. The van der Waals surface area contributed by atoms with Crippen molar-refractivity contribution >= 4 is 23.0 Å². The van der Waals surface area contributed by atoms with Crippen molar-refractivity contribution in [2.75, 3.05) is 0 Å². The first-order chi connectivity index (χ1) is 13.6. The molecule has 2 heterocycles. The number of amidine groups is 1. The fraction of sp³-hybridized carbons (Fsp3) is 0.429.